The molecular weight excluding hydrogens is 236 g/mol. The first kappa shape index (κ1) is 12.7. The molecule has 2 rings (SSSR count). The summed E-state index contributed by atoms with van der Waals surface area (Å²) < 4.78 is 5.66. The molecule has 1 aromatic carbocycles. The summed E-state index contributed by atoms with van der Waals surface area (Å²) in [6.07, 6.45) is 1.21. The third-order valence-corrected chi connectivity index (χ3v) is 3.52. The zero-order chi connectivity index (χ0) is 12.1. The normalized spacial score (nSPS) is 20.7. The Kier molecular flexibility index (Phi) is 4.66. The number of ether oxygens (including phenoxy) is 1. The molecule has 1 heterocycles. The molecule has 1 atom stereocenters. The SMILES string of the molecule is NCC1CCN(CCOc2ccccc2Cl)C1. The summed E-state index contributed by atoms with van der Waals surface area (Å²) in [5.74, 6) is 1.43. The second kappa shape index (κ2) is 6.24. The molecule has 1 aromatic rings. The van der Waals surface area contributed by atoms with Crippen molar-refractivity contribution in [2.75, 3.05) is 32.8 Å². The molecule has 1 unspecified atom stereocenters. The molecule has 0 amide bonds. The third kappa shape index (κ3) is 3.60. The Morgan fingerprint density at radius 2 is 2.24 bits per heavy atom. The van der Waals surface area contributed by atoms with Crippen LogP contribution in [0, 0.1) is 5.92 Å². The van der Waals surface area contributed by atoms with Gasteiger partial charge in [-0.3, -0.25) is 4.90 Å². The largest absolute Gasteiger partial charge is 0.491 e. The quantitative estimate of drug-likeness (QED) is 0.874. The van der Waals surface area contributed by atoms with Crippen molar-refractivity contribution < 1.29 is 4.74 Å². The Balaban J connectivity index is 1.72. The summed E-state index contributed by atoms with van der Waals surface area (Å²) >= 11 is 6.01. The predicted molar refractivity (Wildman–Crippen MR) is 70.5 cm³/mol. The van der Waals surface area contributed by atoms with Gasteiger partial charge in [-0.25, -0.2) is 0 Å². The maximum absolute atomic E-state index is 6.01. The Labute approximate surface area is 107 Å². The number of nitrogens with zero attached hydrogens (tertiary/aromatic N) is 1. The fourth-order valence-corrected chi connectivity index (χ4v) is 2.35. The summed E-state index contributed by atoms with van der Waals surface area (Å²) in [5, 5.41) is 0.675. The smallest absolute Gasteiger partial charge is 0.137 e. The van der Waals surface area contributed by atoms with Gasteiger partial charge in [-0.05, 0) is 37.6 Å². The molecule has 1 aliphatic rings. The second-order valence-electron chi connectivity index (χ2n) is 4.47. The highest BCUT2D eigenvalue weighted by Crippen LogP contribution is 2.23. The van der Waals surface area contributed by atoms with E-state index in [0.717, 1.165) is 31.9 Å². The number of rotatable bonds is 5. The van der Waals surface area contributed by atoms with Crippen LogP contribution >= 0.6 is 11.6 Å². The van der Waals surface area contributed by atoms with Crippen LogP contribution in [0.25, 0.3) is 0 Å². The van der Waals surface area contributed by atoms with Gasteiger partial charge in [0.2, 0.25) is 0 Å². The van der Waals surface area contributed by atoms with Crippen LogP contribution in [0.15, 0.2) is 24.3 Å². The number of para-hydroxylation sites is 1. The first-order chi connectivity index (χ1) is 8.29. The summed E-state index contributed by atoms with van der Waals surface area (Å²) in [5.41, 5.74) is 5.66. The molecule has 0 saturated carbocycles. The van der Waals surface area contributed by atoms with Crippen molar-refractivity contribution in [2.24, 2.45) is 11.7 Å². The molecule has 94 valence electrons. The zero-order valence-electron chi connectivity index (χ0n) is 9.94. The highest BCUT2D eigenvalue weighted by molar-refractivity contribution is 6.32. The van der Waals surface area contributed by atoms with Gasteiger partial charge in [-0.1, -0.05) is 23.7 Å². The van der Waals surface area contributed by atoms with Crippen LogP contribution < -0.4 is 10.5 Å². The minimum atomic E-state index is 0.662. The van der Waals surface area contributed by atoms with Gasteiger partial charge in [0.25, 0.3) is 0 Å². The van der Waals surface area contributed by atoms with Crippen molar-refractivity contribution in [3.8, 4) is 5.75 Å². The van der Waals surface area contributed by atoms with E-state index in [9.17, 15) is 0 Å². The fourth-order valence-electron chi connectivity index (χ4n) is 2.15. The first-order valence-electron chi connectivity index (χ1n) is 6.09. The van der Waals surface area contributed by atoms with Gasteiger partial charge < -0.3 is 10.5 Å². The lowest BCUT2D eigenvalue weighted by Crippen LogP contribution is -2.27. The number of hydrogen-bond acceptors (Lipinski definition) is 3. The summed E-state index contributed by atoms with van der Waals surface area (Å²) in [6.45, 7) is 4.65. The molecule has 1 saturated heterocycles. The molecule has 1 aliphatic heterocycles. The van der Waals surface area contributed by atoms with Crippen LogP contribution in [-0.2, 0) is 0 Å². The minimum Gasteiger partial charge on any atom is -0.491 e. The van der Waals surface area contributed by atoms with Crippen LogP contribution in [0.5, 0.6) is 5.75 Å². The van der Waals surface area contributed by atoms with Gasteiger partial charge in [0.15, 0.2) is 0 Å². The van der Waals surface area contributed by atoms with Crippen LogP contribution in [0.3, 0.4) is 0 Å². The van der Waals surface area contributed by atoms with E-state index in [1.807, 2.05) is 24.3 Å². The molecule has 2 N–H and O–H groups in total. The number of nitrogens with two attached hydrogens (primary N) is 1. The molecule has 0 spiro atoms. The minimum absolute atomic E-state index is 0.662. The van der Waals surface area contributed by atoms with E-state index in [2.05, 4.69) is 4.90 Å². The lowest BCUT2D eigenvalue weighted by Gasteiger charge is -2.16. The van der Waals surface area contributed by atoms with Gasteiger partial charge in [0.05, 0.1) is 5.02 Å². The summed E-state index contributed by atoms with van der Waals surface area (Å²) in [7, 11) is 0. The number of halogens is 1. The Morgan fingerprint density at radius 3 is 2.94 bits per heavy atom. The molecule has 3 nitrogen and oxygen atoms in total. The van der Waals surface area contributed by atoms with E-state index >= 15 is 0 Å². The molecular formula is C13H19ClN2O. The van der Waals surface area contributed by atoms with E-state index in [4.69, 9.17) is 22.1 Å². The molecule has 0 radical (unpaired) electrons. The summed E-state index contributed by atoms with van der Waals surface area (Å²) in [6, 6.07) is 7.58. The van der Waals surface area contributed by atoms with Crippen molar-refractivity contribution >= 4 is 11.6 Å². The zero-order valence-corrected chi connectivity index (χ0v) is 10.7. The van der Waals surface area contributed by atoms with E-state index in [1.165, 1.54) is 6.42 Å². The van der Waals surface area contributed by atoms with Crippen LogP contribution in [0.4, 0.5) is 0 Å². The van der Waals surface area contributed by atoms with Gasteiger partial charge >= 0.3 is 0 Å². The lowest BCUT2D eigenvalue weighted by molar-refractivity contribution is 0.233. The predicted octanol–water partition coefficient (Wildman–Crippen LogP) is 2.00. The van der Waals surface area contributed by atoms with Gasteiger partial charge in [-0.15, -0.1) is 0 Å². The second-order valence-corrected chi connectivity index (χ2v) is 4.88. The maximum Gasteiger partial charge on any atom is 0.137 e. The highest BCUT2D eigenvalue weighted by Gasteiger charge is 2.20. The average molecular weight is 255 g/mol. The molecule has 0 aromatic heterocycles. The van der Waals surface area contributed by atoms with Crippen molar-refractivity contribution in [1.82, 2.24) is 4.90 Å². The molecule has 17 heavy (non-hydrogen) atoms. The Bertz CT molecular complexity index is 359. The van der Waals surface area contributed by atoms with Gasteiger partial charge in [0, 0.05) is 13.1 Å². The van der Waals surface area contributed by atoms with Crippen molar-refractivity contribution in [3.63, 3.8) is 0 Å². The van der Waals surface area contributed by atoms with E-state index in [0.29, 0.717) is 17.5 Å². The van der Waals surface area contributed by atoms with Gasteiger partial charge in [-0.2, -0.15) is 0 Å². The highest BCUT2D eigenvalue weighted by atomic mass is 35.5. The standard InChI is InChI=1S/C13H19ClN2O/c14-12-3-1-2-4-13(12)17-8-7-16-6-5-11(9-15)10-16/h1-4,11H,5-10,15H2. The van der Waals surface area contributed by atoms with E-state index in [-0.39, 0.29) is 0 Å². The molecule has 4 heteroatoms. The Hall–Kier alpha value is -0.770. The number of likely N-dealkylation sites (tertiary alicyclic amines) is 1. The van der Waals surface area contributed by atoms with Crippen LogP contribution in [-0.4, -0.2) is 37.7 Å². The van der Waals surface area contributed by atoms with E-state index in [1.54, 1.807) is 0 Å². The van der Waals surface area contributed by atoms with Crippen molar-refractivity contribution in [3.05, 3.63) is 29.3 Å². The molecule has 0 bridgehead atoms. The third-order valence-electron chi connectivity index (χ3n) is 3.21. The molecule has 0 aliphatic carbocycles. The lowest BCUT2D eigenvalue weighted by atomic mass is 10.1. The molecule has 1 fully saturated rings. The van der Waals surface area contributed by atoms with Crippen LogP contribution in [0.2, 0.25) is 5.02 Å². The topological polar surface area (TPSA) is 38.5 Å². The van der Waals surface area contributed by atoms with Gasteiger partial charge in [0.1, 0.15) is 12.4 Å². The summed E-state index contributed by atoms with van der Waals surface area (Å²) in [4.78, 5) is 2.40. The first-order valence-corrected chi connectivity index (χ1v) is 6.47. The van der Waals surface area contributed by atoms with E-state index < -0.39 is 0 Å². The average Bonchev–Trinajstić information content (AvgIpc) is 2.80. The number of benzene rings is 1. The monoisotopic (exact) mass is 254 g/mol. The van der Waals surface area contributed by atoms with Crippen molar-refractivity contribution in [1.29, 1.82) is 0 Å². The van der Waals surface area contributed by atoms with Crippen molar-refractivity contribution in [2.45, 2.75) is 6.42 Å². The Morgan fingerprint density at radius 1 is 1.41 bits per heavy atom. The fraction of sp³-hybridized carbons (Fsp3) is 0.538. The van der Waals surface area contributed by atoms with Crippen LogP contribution in [0.1, 0.15) is 6.42 Å². The number of hydrogen-bond donors (Lipinski definition) is 1. The maximum atomic E-state index is 6.01.